The summed E-state index contributed by atoms with van der Waals surface area (Å²) in [6, 6.07) is 3.96. The summed E-state index contributed by atoms with van der Waals surface area (Å²) in [5.74, 6) is -0.734. The maximum absolute atomic E-state index is 12.1. The summed E-state index contributed by atoms with van der Waals surface area (Å²) in [4.78, 5) is 12.8. The molecule has 0 radical (unpaired) electrons. The van der Waals surface area contributed by atoms with Gasteiger partial charge in [0.05, 0.1) is 0 Å². The van der Waals surface area contributed by atoms with Crippen molar-refractivity contribution in [2.45, 2.75) is 13.3 Å². The van der Waals surface area contributed by atoms with Crippen LogP contribution in [0.15, 0.2) is 18.2 Å². The first-order chi connectivity index (χ1) is 7.70. The Kier molecular flexibility index (Phi) is 3.65. The van der Waals surface area contributed by atoms with E-state index in [1.165, 1.54) is 38.1 Å². The van der Waals surface area contributed by atoms with E-state index in [1.807, 2.05) is 0 Å². The molecule has 0 aliphatic carbocycles. The van der Waals surface area contributed by atoms with E-state index in [1.54, 1.807) is 0 Å². The van der Waals surface area contributed by atoms with Gasteiger partial charge < -0.3 is 9.64 Å². The fraction of sp³-hybridized carbons (Fsp3) is 0.364. The summed E-state index contributed by atoms with van der Waals surface area (Å²) in [6.45, 7) is 1.48. The molecule has 0 bridgehead atoms. The first-order valence-electron chi connectivity index (χ1n) is 4.79. The lowest BCUT2D eigenvalue weighted by Gasteiger charge is -2.14. The van der Waals surface area contributed by atoms with Crippen molar-refractivity contribution in [2.24, 2.45) is 0 Å². The molecular formula is C11H12F3NO2. The highest BCUT2D eigenvalue weighted by Gasteiger charge is 2.32. The predicted molar refractivity (Wildman–Crippen MR) is 55.9 cm³/mol. The van der Waals surface area contributed by atoms with Gasteiger partial charge in [0.2, 0.25) is 0 Å². The van der Waals surface area contributed by atoms with Crippen LogP contribution in [-0.4, -0.2) is 31.3 Å². The molecule has 0 N–H and O–H groups in total. The molecule has 0 atom stereocenters. The quantitative estimate of drug-likeness (QED) is 0.803. The Balaban J connectivity index is 3.07. The van der Waals surface area contributed by atoms with Gasteiger partial charge in [-0.05, 0) is 24.6 Å². The van der Waals surface area contributed by atoms with E-state index in [4.69, 9.17) is 0 Å². The molecule has 6 heteroatoms. The monoisotopic (exact) mass is 247 g/mol. The second-order valence-electron chi connectivity index (χ2n) is 3.73. The molecule has 1 aromatic carbocycles. The van der Waals surface area contributed by atoms with Gasteiger partial charge in [0.15, 0.2) is 0 Å². The Bertz CT molecular complexity index is 427. The van der Waals surface area contributed by atoms with E-state index >= 15 is 0 Å². The average Bonchev–Trinajstić information content (AvgIpc) is 2.18. The Hall–Kier alpha value is -1.72. The normalized spacial score (nSPS) is 11.2. The fourth-order valence-electron chi connectivity index (χ4n) is 1.23. The second kappa shape index (κ2) is 4.65. The van der Waals surface area contributed by atoms with Crippen LogP contribution in [0.3, 0.4) is 0 Å². The molecule has 1 rings (SSSR count). The van der Waals surface area contributed by atoms with Gasteiger partial charge in [-0.2, -0.15) is 0 Å². The second-order valence-corrected chi connectivity index (χ2v) is 3.73. The Morgan fingerprint density at radius 3 is 2.35 bits per heavy atom. The summed E-state index contributed by atoms with van der Waals surface area (Å²) < 4.78 is 40.1. The first kappa shape index (κ1) is 13.3. The number of hydrogen-bond donors (Lipinski definition) is 0. The highest BCUT2D eigenvalue weighted by molar-refractivity contribution is 5.94. The van der Waals surface area contributed by atoms with Crippen LogP contribution in [0.1, 0.15) is 15.9 Å². The van der Waals surface area contributed by atoms with Crippen molar-refractivity contribution >= 4 is 5.91 Å². The summed E-state index contributed by atoms with van der Waals surface area (Å²) >= 11 is 0. The maximum Gasteiger partial charge on any atom is 0.573 e. The molecule has 0 aliphatic rings. The van der Waals surface area contributed by atoms with Gasteiger partial charge in [0.1, 0.15) is 5.75 Å². The molecule has 0 aliphatic heterocycles. The third-order valence-electron chi connectivity index (χ3n) is 2.07. The van der Waals surface area contributed by atoms with Gasteiger partial charge in [-0.25, -0.2) is 0 Å². The lowest BCUT2D eigenvalue weighted by Crippen LogP contribution is -2.22. The lowest BCUT2D eigenvalue weighted by molar-refractivity contribution is -0.274. The standard InChI is InChI=1S/C11H12F3NO2/c1-7-4-5-8(10(16)15(2)3)6-9(7)17-11(12,13)14/h4-6H,1-3H3. The van der Waals surface area contributed by atoms with Crippen LogP contribution >= 0.6 is 0 Å². The van der Waals surface area contributed by atoms with E-state index in [2.05, 4.69) is 4.74 Å². The van der Waals surface area contributed by atoms with Gasteiger partial charge in [0, 0.05) is 19.7 Å². The Labute approximate surface area is 96.8 Å². The van der Waals surface area contributed by atoms with Crippen molar-refractivity contribution < 1.29 is 22.7 Å². The van der Waals surface area contributed by atoms with Gasteiger partial charge >= 0.3 is 6.36 Å². The van der Waals surface area contributed by atoms with E-state index in [-0.39, 0.29) is 17.2 Å². The molecule has 0 spiro atoms. The molecule has 94 valence electrons. The van der Waals surface area contributed by atoms with E-state index in [9.17, 15) is 18.0 Å². The number of benzene rings is 1. The molecule has 0 heterocycles. The predicted octanol–water partition coefficient (Wildman–Crippen LogP) is 2.60. The van der Waals surface area contributed by atoms with Gasteiger partial charge in [-0.3, -0.25) is 4.79 Å². The molecule has 0 saturated heterocycles. The number of aryl methyl sites for hydroxylation is 1. The minimum Gasteiger partial charge on any atom is -0.405 e. The van der Waals surface area contributed by atoms with E-state index < -0.39 is 6.36 Å². The average molecular weight is 247 g/mol. The zero-order chi connectivity index (χ0) is 13.2. The SMILES string of the molecule is Cc1ccc(C(=O)N(C)C)cc1OC(F)(F)F. The highest BCUT2D eigenvalue weighted by atomic mass is 19.4. The number of ether oxygens (including phenoxy) is 1. The van der Waals surface area contributed by atoms with E-state index in [0.717, 1.165) is 6.07 Å². The van der Waals surface area contributed by atoms with Crippen molar-refractivity contribution in [1.29, 1.82) is 0 Å². The van der Waals surface area contributed by atoms with Crippen molar-refractivity contribution in [1.82, 2.24) is 4.90 Å². The van der Waals surface area contributed by atoms with Gasteiger partial charge in [-0.1, -0.05) is 6.07 Å². The maximum atomic E-state index is 12.1. The van der Waals surface area contributed by atoms with Gasteiger partial charge in [0.25, 0.3) is 5.91 Å². The number of carbonyl (C=O) groups excluding carboxylic acids is 1. The molecular weight excluding hydrogens is 235 g/mol. The largest absolute Gasteiger partial charge is 0.573 e. The van der Waals surface area contributed by atoms with Crippen molar-refractivity contribution in [3.8, 4) is 5.75 Å². The van der Waals surface area contributed by atoms with Crippen molar-refractivity contribution in [2.75, 3.05) is 14.1 Å². The molecule has 0 saturated carbocycles. The smallest absolute Gasteiger partial charge is 0.405 e. The van der Waals surface area contributed by atoms with Crippen LogP contribution in [-0.2, 0) is 0 Å². The number of hydrogen-bond acceptors (Lipinski definition) is 2. The molecule has 17 heavy (non-hydrogen) atoms. The molecule has 1 amide bonds. The van der Waals surface area contributed by atoms with Crippen molar-refractivity contribution in [3.05, 3.63) is 29.3 Å². The van der Waals surface area contributed by atoms with Crippen LogP contribution in [0.25, 0.3) is 0 Å². The number of amides is 1. The van der Waals surface area contributed by atoms with Crippen LogP contribution < -0.4 is 4.74 Å². The highest BCUT2D eigenvalue weighted by Crippen LogP contribution is 2.27. The Morgan fingerprint density at radius 1 is 1.29 bits per heavy atom. The third kappa shape index (κ3) is 3.65. The van der Waals surface area contributed by atoms with Crippen molar-refractivity contribution in [3.63, 3.8) is 0 Å². The number of alkyl halides is 3. The number of rotatable bonds is 2. The zero-order valence-electron chi connectivity index (χ0n) is 9.63. The van der Waals surface area contributed by atoms with Crippen LogP contribution in [0.4, 0.5) is 13.2 Å². The summed E-state index contributed by atoms with van der Waals surface area (Å²) in [5.41, 5.74) is 0.470. The number of carbonyl (C=O) groups is 1. The summed E-state index contributed by atoms with van der Waals surface area (Å²) in [5, 5.41) is 0. The van der Waals surface area contributed by atoms with Gasteiger partial charge in [-0.15, -0.1) is 13.2 Å². The zero-order valence-corrected chi connectivity index (χ0v) is 9.63. The molecule has 1 aromatic rings. The van der Waals surface area contributed by atoms with Crippen LogP contribution in [0.5, 0.6) is 5.75 Å². The molecule has 0 unspecified atom stereocenters. The van der Waals surface area contributed by atoms with Crippen LogP contribution in [0.2, 0.25) is 0 Å². The third-order valence-corrected chi connectivity index (χ3v) is 2.07. The molecule has 0 fully saturated rings. The number of nitrogens with zero attached hydrogens (tertiary/aromatic N) is 1. The minimum atomic E-state index is -4.76. The topological polar surface area (TPSA) is 29.5 Å². The molecule has 3 nitrogen and oxygen atoms in total. The lowest BCUT2D eigenvalue weighted by atomic mass is 10.1. The molecule has 0 aromatic heterocycles. The fourth-order valence-corrected chi connectivity index (χ4v) is 1.23. The van der Waals surface area contributed by atoms with Crippen LogP contribution in [0, 0.1) is 6.92 Å². The first-order valence-corrected chi connectivity index (χ1v) is 4.79. The summed E-state index contributed by atoms with van der Waals surface area (Å²) in [6.07, 6.45) is -4.76. The Morgan fingerprint density at radius 2 is 1.88 bits per heavy atom. The number of halogens is 3. The summed E-state index contributed by atoms with van der Waals surface area (Å²) in [7, 11) is 3.04. The van der Waals surface area contributed by atoms with E-state index in [0.29, 0.717) is 5.56 Å². The minimum absolute atomic E-state index is 0.153.